The van der Waals surface area contributed by atoms with E-state index in [2.05, 4.69) is 11.5 Å². The first-order valence-electron chi connectivity index (χ1n) is 7.44. The number of ether oxygens (including phenoxy) is 1. The molecule has 0 bridgehead atoms. The van der Waals surface area contributed by atoms with E-state index in [-0.39, 0.29) is 18.7 Å². The third-order valence-corrected chi connectivity index (χ3v) is 3.52. The van der Waals surface area contributed by atoms with Gasteiger partial charge < -0.3 is 14.5 Å². The molecule has 0 aromatic carbocycles. The molecule has 0 spiro atoms. The maximum atomic E-state index is 11.1. The highest BCUT2D eigenvalue weighted by Crippen LogP contribution is 2.33. The first kappa shape index (κ1) is 21.3. The Hall–Kier alpha value is -0.720. The van der Waals surface area contributed by atoms with Gasteiger partial charge in [0.2, 0.25) is 0 Å². The average Bonchev–Trinajstić information content (AvgIpc) is 2.42. The van der Waals surface area contributed by atoms with Crippen molar-refractivity contribution < 1.29 is 33.7 Å². The van der Waals surface area contributed by atoms with Crippen molar-refractivity contribution in [1.82, 2.24) is 0 Å². The van der Waals surface area contributed by atoms with E-state index < -0.39 is 7.60 Å². The van der Waals surface area contributed by atoms with Gasteiger partial charge in [-0.2, -0.15) is 0 Å². The van der Waals surface area contributed by atoms with Gasteiger partial charge >= 0.3 is 13.6 Å². The third kappa shape index (κ3) is 15.7. The summed E-state index contributed by atoms with van der Waals surface area (Å²) >= 11 is 0. The predicted octanol–water partition coefficient (Wildman–Crippen LogP) is 2.57. The Bertz CT molecular complexity index is 364. The fourth-order valence-electron chi connectivity index (χ4n) is 1.53. The summed E-state index contributed by atoms with van der Waals surface area (Å²) in [5.41, 5.74) is 0.419. The van der Waals surface area contributed by atoms with Gasteiger partial charge in [-0.05, 0) is 19.8 Å². The van der Waals surface area contributed by atoms with Crippen LogP contribution in [0.5, 0.6) is 0 Å². The topological polar surface area (TPSA) is 102 Å². The lowest BCUT2D eigenvalue weighted by Crippen LogP contribution is -2.06. The van der Waals surface area contributed by atoms with Gasteiger partial charge in [0.25, 0.3) is 0 Å². The van der Waals surface area contributed by atoms with Crippen LogP contribution in [0, 0.1) is 0 Å². The molecule has 22 heavy (non-hydrogen) atoms. The number of hydrogen-bond acceptors (Lipinski definition) is 5. The number of rotatable bonds is 14. The smallest absolute Gasteiger partial charge is 0.333 e. The van der Waals surface area contributed by atoms with Crippen LogP contribution in [0.25, 0.3) is 0 Å². The molecule has 0 aliphatic heterocycles. The van der Waals surface area contributed by atoms with Crippen molar-refractivity contribution in [3.8, 4) is 0 Å². The van der Waals surface area contributed by atoms with Crippen molar-refractivity contribution >= 4 is 13.6 Å². The lowest BCUT2D eigenvalue weighted by Gasteiger charge is -2.06. The molecule has 0 saturated heterocycles. The van der Waals surface area contributed by atoms with Gasteiger partial charge in [-0.1, -0.05) is 32.3 Å². The molecule has 0 atom stereocenters. The van der Waals surface area contributed by atoms with Gasteiger partial charge in [0.05, 0.1) is 26.0 Å². The number of esters is 1. The van der Waals surface area contributed by atoms with Crippen molar-refractivity contribution in [2.24, 2.45) is 0 Å². The van der Waals surface area contributed by atoms with E-state index in [1.165, 1.54) is 0 Å². The minimum Gasteiger partial charge on any atom is -0.462 e. The quantitative estimate of drug-likeness (QED) is 0.125. The fraction of sp³-hybridized carbons (Fsp3) is 0.786. The number of hydrogen-bond donors (Lipinski definition) is 2. The van der Waals surface area contributed by atoms with E-state index in [1.54, 1.807) is 6.92 Å². The molecular formula is C14H27O7P. The van der Waals surface area contributed by atoms with E-state index in [9.17, 15) is 9.36 Å². The van der Waals surface area contributed by atoms with Crippen LogP contribution in [-0.2, 0) is 23.9 Å². The summed E-state index contributed by atoms with van der Waals surface area (Å²) in [7, 11) is -4.00. The van der Waals surface area contributed by atoms with E-state index in [0.717, 1.165) is 38.5 Å². The lowest BCUT2D eigenvalue weighted by atomic mass is 10.1. The molecule has 0 fully saturated rings. The largest absolute Gasteiger partial charge is 0.462 e. The fourth-order valence-corrected chi connectivity index (χ4v) is 1.84. The van der Waals surface area contributed by atoms with Crippen molar-refractivity contribution in [2.45, 2.75) is 45.4 Å². The van der Waals surface area contributed by atoms with Crippen molar-refractivity contribution in [1.29, 1.82) is 0 Å². The zero-order valence-electron chi connectivity index (χ0n) is 13.2. The van der Waals surface area contributed by atoms with Crippen LogP contribution in [0.3, 0.4) is 0 Å². The monoisotopic (exact) mass is 338 g/mol. The van der Waals surface area contributed by atoms with Gasteiger partial charge in [-0.3, -0.25) is 4.57 Å². The second-order valence-corrected chi connectivity index (χ2v) is 6.85. The second-order valence-electron chi connectivity index (χ2n) is 5.07. The van der Waals surface area contributed by atoms with Crippen molar-refractivity contribution in [2.75, 3.05) is 26.0 Å². The SMILES string of the molecule is C=C(C)C(=O)OCCCCCCCCOOCCP(=O)(O)O. The van der Waals surface area contributed by atoms with Gasteiger partial charge in [-0.25, -0.2) is 14.6 Å². The first-order chi connectivity index (χ1) is 10.3. The maximum Gasteiger partial charge on any atom is 0.333 e. The molecule has 7 nitrogen and oxygen atoms in total. The molecule has 8 heteroatoms. The van der Waals surface area contributed by atoms with Crippen LogP contribution in [0.4, 0.5) is 0 Å². The predicted molar refractivity (Wildman–Crippen MR) is 82.3 cm³/mol. The Kier molecular flexibility index (Phi) is 12.4. The molecule has 0 amide bonds. The summed E-state index contributed by atoms with van der Waals surface area (Å²) in [6, 6.07) is 0. The molecule has 0 aromatic rings. The van der Waals surface area contributed by atoms with E-state index >= 15 is 0 Å². The maximum absolute atomic E-state index is 11.1. The molecule has 130 valence electrons. The molecule has 2 N–H and O–H groups in total. The Balaban J connectivity index is 3.16. The van der Waals surface area contributed by atoms with Gasteiger partial charge in [-0.15, -0.1) is 0 Å². The third-order valence-electron chi connectivity index (χ3n) is 2.75. The van der Waals surface area contributed by atoms with Crippen LogP contribution in [0.15, 0.2) is 12.2 Å². The average molecular weight is 338 g/mol. The normalized spacial score (nSPS) is 11.4. The summed E-state index contributed by atoms with van der Waals surface area (Å²) in [6.45, 7) is 5.88. The number of carbonyl (C=O) groups is 1. The summed E-state index contributed by atoms with van der Waals surface area (Å²) < 4.78 is 15.5. The summed E-state index contributed by atoms with van der Waals surface area (Å²) in [5.74, 6) is -0.337. The first-order valence-corrected chi connectivity index (χ1v) is 9.24. The van der Waals surface area contributed by atoms with Crippen LogP contribution >= 0.6 is 7.60 Å². The number of carbonyl (C=O) groups excluding carboxylic acids is 1. The standard InChI is InChI=1S/C14H27O7P/c1-13(2)14(15)19-9-7-5-3-4-6-8-10-20-21-11-12-22(16,17)18/h1,3-12H2,2H3,(H2,16,17,18). The van der Waals surface area contributed by atoms with Crippen LogP contribution in [0.1, 0.15) is 45.4 Å². The van der Waals surface area contributed by atoms with Crippen molar-refractivity contribution in [3.05, 3.63) is 12.2 Å². The van der Waals surface area contributed by atoms with Gasteiger partial charge in [0, 0.05) is 5.57 Å². The Labute approximate surface area is 131 Å². The summed E-state index contributed by atoms with van der Waals surface area (Å²) in [4.78, 5) is 37.7. The summed E-state index contributed by atoms with van der Waals surface area (Å²) in [5, 5.41) is 0. The molecule has 0 saturated carbocycles. The van der Waals surface area contributed by atoms with E-state index in [1.807, 2.05) is 0 Å². The molecular weight excluding hydrogens is 311 g/mol. The Morgan fingerprint density at radius 1 is 0.955 bits per heavy atom. The highest BCUT2D eigenvalue weighted by molar-refractivity contribution is 7.51. The zero-order valence-corrected chi connectivity index (χ0v) is 14.1. The lowest BCUT2D eigenvalue weighted by molar-refractivity contribution is -0.291. The zero-order chi connectivity index (χ0) is 16.8. The Morgan fingerprint density at radius 2 is 1.45 bits per heavy atom. The van der Waals surface area contributed by atoms with Gasteiger partial charge in [0.1, 0.15) is 0 Å². The highest BCUT2D eigenvalue weighted by Gasteiger charge is 2.11. The molecule has 0 rings (SSSR count). The molecule has 0 unspecified atom stereocenters. The van der Waals surface area contributed by atoms with E-state index in [0.29, 0.717) is 18.8 Å². The van der Waals surface area contributed by atoms with Crippen LogP contribution < -0.4 is 0 Å². The molecule has 0 aliphatic carbocycles. The molecule has 0 radical (unpaired) electrons. The van der Waals surface area contributed by atoms with Gasteiger partial charge in [0.15, 0.2) is 0 Å². The second kappa shape index (κ2) is 12.8. The minimum absolute atomic E-state index is 0.104. The number of unbranched alkanes of at least 4 members (excludes halogenated alkanes) is 5. The van der Waals surface area contributed by atoms with Crippen LogP contribution in [0.2, 0.25) is 0 Å². The van der Waals surface area contributed by atoms with Crippen LogP contribution in [-0.4, -0.2) is 41.7 Å². The molecule has 0 aromatic heterocycles. The molecule has 0 aliphatic rings. The minimum atomic E-state index is -4.00. The molecule has 0 heterocycles. The summed E-state index contributed by atoms with van der Waals surface area (Å²) in [6.07, 6.45) is 5.46. The highest BCUT2D eigenvalue weighted by atomic mass is 31.2. The Morgan fingerprint density at radius 3 is 2.00 bits per heavy atom. The van der Waals surface area contributed by atoms with E-state index in [4.69, 9.17) is 19.4 Å². The van der Waals surface area contributed by atoms with Crippen molar-refractivity contribution in [3.63, 3.8) is 0 Å².